The zero-order chi connectivity index (χ0) is 19.0. The van der Waals surface area contributed by atoms with Gasteiger partial charge in [-0.3, -0.25) is 0 Å². The molecule has 0 atom stereocenters. The van der Waals surface area contributed by atoms with E-state index in [0.717, 1.165) is 16.9 Å². The molecule has 8 nitrogen and oxygen atoms in total. The number of carboxylic acid groups (broad SMARTS) is 1. The highest BCUT2D eigenvalue weighted by Crippen LogP contribution is 2.37. The summed E-state index contributed by atoms with van der Waals surface area (Å²) in [5, 5.41) is 19.3. The monoisotopic (exact) mass is 369 g/mol. The molecule has 0 amide bonds. The summed E-state index contributed by atoms with van der Waals surface area (Å²) in [6.07, 6.45) is 2.61. The van der Waals surface area contributed by atoms with Gasteiger partial charge in [0.15, 0.2) is 0 Å². The smallest absolute Gasteiger partial charge is 0.522 e. The molecule has 27 heavy (non-hydrogen) atoms. The van der Waals surface area contributed by atoms with Crippen molar-refractivity contribution in [2.24, 2.45) is 5.73 Å². The van der Waals surface area contributed by atoms with Crippen molar-refractivity contribution in [3.05, 3.63) is 47.2 Å². The molecule has 3 heterocycles. The Kier molecular flexibility index (Phi) is 4.63. The number of aromatic carboxylic acids is 1. The maximum Gasteiger partial charge on any atom is 0.522 e. The average molecular weight is 369 g/mol. The fraction of sp³-hybridized carbons (Fsp3) is 0.333. The van der Waals surface area contributed by atoms with Gasteiger partial charge in [-0.15, -0.1) is 0 Å². The van der Waals surface area contributed by atoms with Gasteiger partial charge in [0.1, 0.15) is 29.0 Å². The lowest BCUT2D eigenvalue weighted by atomic mass is 9.78. The maximum atomic E-state index is 11.8. The number of carbonyl (C=O) groups is 1. The highest BCUT2D eigenvalue weighted by molar-refractivity contribution is 6.44. The number of ether oxygens (including phenoxy) is 1. The Morgan fingerprint density at radius 2 is 2.19 bits per heavy atom. The minimum absolute atomic E-state index is 0.0323. The number of aromatic nitrogens is 1. The summed E-state index contributed by atoms with van der Waals surface area (Å²) in [6.45, 7) is 1.66. The van der Waals surface area contributed by atoms with Gasteiger partial charge >= 0.3 is 13.1 Å². The molecule has 0 saturated carbocycles. The summed E-state index contributed by atoms with van der Waals surface area (Å²) < 4.78 is 11.3. The van der Waals surface area contributed by atoms with Gasteiger partial charge in [-0.2, -0.15) is 0 Å². The van der Waals surface area contributed by atoms with Crippen LogP contribution in [0, 0.1) is 0 Å². The summed E-state index contributed by atoms with van der Waals surface area (Å²) in [5.41, 5.74) is 7.28. The summed E-state index contributed by atoms with van der Waals surface area (Å²) in [7, 11) is -0.993. The van der Waals surface area contributed by atoms with Crippen molar-refractivity contribution in [1.29, 1.82) is 0 Å². The number of aryl methyl sites for hydroxylation is 1. The Bertz CT molecular complexity index is 855. The largest absolute Gasteiger partial charge is 0.535 e. The lowest BCUT2D eigenvalue weighted by Crippen LogP contribution is -2.54. The van der Waals surface area contributed by atoms with E-state index in [2.05, 4.69) is 4.98 Å². The van der Waals surface area contributed by atoms with E-state index in [1.165, 1.54) is 0 Å². The van der Waals surface area contributed by atoms with Gasteiger partial charge < -0.3 is 30.2 Å². The summed E-state index contributed by atoms with van der Waals surface area (Å²) in [6, 6.07) is 7.31. The predicted octanol–water partition coefficient (Wildman–Crippen LogP) is 0.921. The second kappa shape index (κ2) is 7.09. The maximum absolute atomic E-state index is 11.8. The zero-order valence-corrected chi connectivity index (χ0v) is 14.7. The predicted molar refractivity (Wildman–Crippen MR) is 99.3 cm³/mol. The van der Waals surface area contributed by atoms with Crippen LogP contribution in [-0.4, -0.2) is 47.4 Å². The topological polar surface area (TPSA) is 118 Å². The van der Waals surface area contributed by atoms with E-state index in [0.29, 0.717) is 32.4 Å². The molecule has 0 aliphatic carbocycles. The first-order valence-electron chi connectivity index (χ1n) is 8.85. The van der Waals surface area contributed by atoms with Crippen LogP contribution in [0.4, 0.5) is 5.82 Å². The number of nitrogens with two attached hydrogens (primary N) is 1. The Morgan fingerprint density at radius 3 is 2.85 bits per heavy atom. The number of carboxylic acids is 1. The SMILES string of the molecule is NCc1ccc(N2CC(Oc3ccc4c(c3C(=O)O)OB(O)CC4)C2)nc1. The van der Waals surface area contributed by atoms with Crippen LogP contribution >= 0.6 is 0 Å². The number of hydrogen-bond donors (Lipinski definition) is 3. The quantitative estimate of drug-likeness (QED) is 0.666. The van der Waals surface area contributed by atoms with Crippen LogP contribution in [0.5, 0.6) is 11.5 Å². The molecular formula is C18H20BN3O5. The van der Waals surface area contributed by atoms with Crippen LogP contribution in [0.25, 0.3) is 0 Å². The van der Waals surface area contributed by atoms with Gasteiger partial charge in [0.25, 0.3) is 0 Å². The number of fused-ring (bicyclic) bond motifs is 1. The van der Waals surface area contributed by atoms with E-state index in [-0.39, 0.29) is 23.2 Å². The van der Waals surface area contributed by atoms with Crippen molar-refractivity contribution in [3.63, 3.8) is 0 Å². The van der Waals surface area contributed by atoms with Crippen LogP contribution in [0.1, 0.15) is 21.5 Å². The second-order valence-corrected chi connectivity index (χ2v) is 6.72. The highest BCUT2D eigenvalue weighted by Gasteiger charge is 2.34. The number of anilines is 1. The van der Waals surface area contributed by atoms with Crippen LogP contribution in [-0.2, 0) is 13.0 Å². The van der Waals surface area contributed by atoms with E-state index < -0.39 is 13.1 Å². The number of rotatable bonds is 5. The van der Waals surface area contributed by atoms with E-state index in [4.69, 9.17) is 15.1 Å². The Morgan fingerprint density at radius 1 is 1.37 bits per heavy atom. The fourth-order valence-electron chi connectivity index (χ4n) is 3.32. The molecular weight excluding hydrogens is 349 g/mol. The van der Waals surface area contributed by atoms with Crippen molar-refractivity contribution in [2.75, 3.05) is 18.0 Å². The lowest BCUT2D eigenvalue weighted by Gasteiger charge is -2.40. The average Bonchev–Trinajstić information content (AvgIpc) is 2.63. The third-order valence-electron chi connectivity index (χ3n) is 4.84. The first-order valence-corrected chi connectivity index (χ1v) is 8.85. The van der Waals surface area contributed by atoms with E-state index in [1.54, 1.807) is 18.3 Å². The molecule has 0 radical (unpaired) electrons. The number of hydrogen-bond acceptors (Lipinski definition) is 7. The Hall–Kier alpha value is -2.78. The summed E-state index contributed by atoms with van der Waals surface area (Å²) in [4.78, 5) is 18.2. The minimum Gasteiger partial charge on any atom is -0.535 e. The van der Waals surface area contributed by atoms with Gasteiger partial charge in [0.05, 0.1) is 13.1 Å². The van der Waals surface area contributed by atoms with Gasteiger partial charge in [-0.25, -0.2) is 9.78 Å². The highest BCUT2D eigenvalue weighted by atomic mass is 16.5. The van der Waals surface area contributed by atoms with E-state index in [1.807, 2.05) is 17.0 Å². The van der Waals surface area contributed by atoms with Crippen LogP contribution in [0.2, 0.25) is 6.32 Å². The first-order chi connectivity index (χ1) is 13.0. The van der Waals surface area contributed by atoms with Gasteiger partial charge in [0.2, 0.25) is 0 Å². The standard InChI is InChI=1S/C18H20BN3O5/c20-7-11-1-4-15(21-8-11)22-9-13(10-22)26-14-3-2-12-5-6-19(25)27-17(12)16(14)18(23)24/h1-4,8,13,25H,5-7,9-10,20H2,(H,23,24). The zero-order valence-electron chi connectivity index (χ0n) is 14.7. The molecule has 1 aromatic carbocycles. The minimum atomic E-state index is -1.13. The van der Waals surface area contributed by atoms with Crippen LogP contribution < -0.4 is 20.0 Å². The molecule has 4 N–H and O–H groups in total. The third-order valence-corrected chi connectivity index (χ3v) is 4.84. The molecule has 1 saturated heterocycles. The van der Waals surface area contributed by atoms with E-state index >= 15 is 0 Å². The number of nitrogens with zero attached hydrogens (tertiary/aromatic N) is 2. The van der Waals surface area contributed by atoms with Crippen molar-refractivity contribution < 1.29 is 24.3 Å². The van der Waals surface area contributed by atoms with Crippen molar-refractivity contribution in [3.8, 4) is 11.5 Å². The lowest BCUT2D eigenvalue weighted by molar-refractivity contribution is 0.0684. The summed E-state index contributed by atoms with van der Waals surface area (Å²) >= 11 is 0. The molecule has 1 aromatic heterocycles. The van der Waals surface area contributed by atoms with Crippen molar-refractivity contribution >= 4 is 18.9 Å². The molecule has 0 bridgehead atoms. The molecule has 140 valence electrons. The van der Waals surface area contributed by atoms with Crippen LogP contribution in [0.15, 0.2) is 30.5 Å². The molecule has 9 heteroatoms. The first kappa shape index (κ1) is 17.6. The van der Waals surface area contributed by atoms with E-state index in [9.17, 15) is 14.9 Å². The Labute approximate surface area is 156 Å². The molecule has 2 aromatic rings. The Balaban J connectivity index is 1.47. The van der Waals surface area contributed by atoms with Crippen LogP contribution in [0.3, 0.4) is 0 Å². The van der Waals surface area contributed by atoms with Gasteiger partial charge in [-0.1, -0.05) is 12.1 Å². The fourth-order valence-corrected chi connectivity index (χ4v) is 3.32. The number of pyridine rings is 1. The van der Waals surface area contributed by atoms with Crippen molar-refractivity contribution in [1.82, 2.24) is 4.98 Å². The normalized spacial score (nSPS) is 16.4. The molecule has 2 aliphatic rings. The van der Waals surface area contributed by atoms with Gasteiger partial charge in [-0.05, 0) is 36.0 Å². The van der Waals surface area contributed by atoms with Crippen molar-refractivity contribution in [2.45, 2.75) is 25.4 Å². The molecule has 0 unspecified atom stereocenters. The molecule has 2 aliphatic heterocycles. The molecule has 0 spiro atoms. The third kappa shape index (κ3) is 3.43. The summed E-state index contributed by atoms with van der Waals surface area (Å²) in [5.74, 6) is 0.161. The second-order valence-electron chi connectivity index (χ2n) is 6.72. The number of benzene rings is 1. The molecule has 1 fully saturated rings. The van der Waals surface area contributed by atoms with Gasteiger partial charge in [0, 0.05) is 12.7 Å². The molecule has 4 rings (SSSR count).